The maximum absolute atomic E-state index is 13.8. The van der Waals surface area contributed by atoms with Gasteiger partial charge in [0.05, 0.1) is 32.9 Å². The number of aromatic nitrogens is 1. The highest BCUT2D eigenvalue weighted by atomic mass is 35.5. The average Bonchev–Trinajstić information content (AvgIpc) is 3.59. The number of hydrogen-bond donors (Lipinski definition) is 4. The molecule has 188 valence electrons. The number of anilines is 2. The van der Waals surface area contributed by atoms with Crippen molar-refractivity contribution >= 4 is 41.7 Å². The molecule has 2 aromatic carbocycles. The Kier molecular flexibility index (Phi) is 5.70. The summed E-state index contributed by atoms with van der Waals surface area (Å²) in [6.45, 7) is 2.18. The summed E-state index contributed by atoms with van der Waals surface area (Å²) >= 11 is 6.76. The van der Waals surface area contributed by atoms with Crippen LogP contribution in [0.3, 0.4) is 0 Å². The van der Waals surface area contributed by atoms with Gasteiger partial charge in [0.1, 0.15) is 19.7 Å². The fraction of sp³-hybridized carbons (Fsp3) is 0.333. The van der Waals surface area contributed by atoms with E-state index in [1.807, 2.05) is 20.0 Å². The standard InChI is InChI=1S/C27H28BClFN7/c1-26(9-2-10-26)34-24-16(13-31)14-32-25-21(24)11-19(12-22(25)29)33-27(28,17-3-5-18(30)6-4-17)23-15-37(36-35-23)20-7-8-20/h3-6,11-12,14-15,20,33,35-36H,2,7-10,28H2,1H3,(H,32,34). The Balaban J connectivity index is 1.45. The number of fused-ring (bicyclic) bond motifs is 1. The Morgan fingerprint density at radius 3 is 2.68 bits per heavy atom. The van der Waals surface area contributed by atoms with Gasteiger partial charge in [0.2, 0.25) is 0 Å². The van der Waals surface area contributed by atoms with Crippen molar-refractivity contribution in [1.29, 1.82) is 5.26 Å². The second kappa shape index (κ2) is 8.82. The van der Waals surface area contributed by atoms with Crippen LogP contribution in [0.15, 0.2) is 54.5 Å². The molecule has 0 amide bonds. The minimum Gasteiger partial charge on any atom is -0.378 e. The Morgan fingerprint density at radius 2 is 2.03 bits per heavy atom. The van der Waals surface area contributed by atoms with Crippen molar-refractivity contribution in [2.75, 3.05) is 10.6 Å². The summed E-state index contributed by atoms with van der Waals surface area (Å²) in [7, 11) is 2.05. The van der Waals surface area contributed by atoms with Crippen LogP contribution in [0.4, 0.5) is 15.8 Å². The molecule has 1 unspecified atom stereocenters. The number of nitriles is 1. The molecule has 0 bridgehead atoms. The van der Waals surface area contributed by atoms with E-state index in [0.717, 1.165) is 60.1 Å². The molecule has 2 fully saturated rings. The predicted molar refractivity (Wildman–Crippen MR) is 147 cm³/mol. The van der Waals surface area contributed by atoms with Crippen LogP contribution >= 0.6 is 11.6 Å². The van der Waals surface area contributed by atoms with Crippen molar-refractivity contribution in [2.45, 2.75) is 56.0 Å². The zero-order chi connectivity index (χ0) is 25.8. The number of hydrogen-bond acceptors (Lipinski definition) is 7. The highest BCUT2D eigenvalue weighted by molar-refractivity contribution is 6.36. The lowest BCUT2D eigenvalue weighted by molar-refractivity contribution is 0.260. The molecule has 3 aromatic rings. The average molecular weight is 516 g/mol. The third-order valence-corrected chi connectivity index (χ3v) is 8.10. The van der Waals surface area contributed by atoms with Crippen molar-refractivity contribution in [3.8, 4) is 6.07 Å². The van der Waals surface area contributed by atoms with Crippen molar-refractivity contribution in [3.05, 3.63) is 76.5 Å². The summed E-state index contributed by atoms with van der Waals surface area (Å²) in [5, 5.41) is 20.5. The highest BCUT2D eigenvalue weighted by Gasteiger charge is 2.38. The van der Waals surface area contributed by atoms with Crippen molar-refractivity contribution < 1.29 is 4.39 Å². The Morgan fingerprint density at radius 1 is 1.27 bits per heavy atom. The van der Waals surface area contributed by atoms with Crippen LogP contribution in [-0.4, -0.2) is 29.4 Å². The van der Waals surface area contributed by atoms with Crippen LogP contribution in [0, 0.1) is 17.1 Å². The molecular weight excluding hydrogens is 488 g/mol. The van der Waals surface area contributed by atoms with Crippen molar-refractivity contribution in [2.24, 2.45) is 0 Å². The van der Waals surface area contributed by atoms with Crippen LogP contribution in [0.25, 0.3) is 10.9 Å². The van der Waals surface area contributed by atoms with Gasteiger partial charge >= 0.3 is 0 Å². The van der Waals surface area contributed by atoms with Crippen LogP contribution in [0.1, 0.15) is 50.2 Å². The van der Waals surface area contributed by atoms with E-state index >= 15 is 0 Å². The van der Waals surface area contributed by atoms with Gasteiger partial charge in [-0.1, -0.05) is 23.7 Å². The zero-order valence-corrected chi connectivity index (χ0v) is 21.6. The van der Waals surface area contributed by atoms with Gasteiger partial charge in [-0.25, -0.2) is 4.39 Å². The monoisotopic (exact) mass is 515 g/mol. The fourth-order valence-electron chi connectivity index (χ4n) is 5.18. The number of halogens is 2. The number of nitrogens with zero attached hydrogens (tertiary/aromatic N) is 3. The molecule has 1 aromatic heterocycles. The molecular formula is C27H28BClFN7. The van der Waals surface area contributed by atoms with E-state index in [-0.39, 0.29) is 11.4 Å². The number of nitrogens with one attached hydrogen (secondary N) is 4. The Labute approximate surface area is 221 Å². The smallest absolute Gasteiger partial charge is 0.148 e. The van der Waals surface area contributed by atoms with Crippen LogP contribution < -0.4 is 21.6 Å². The van der Waals surface area contributed by atoms with Gasteiger partial charge in [0, 0.05) is 35.1 Å². The first-order chi connectivity index (χ1) is 17.8. The quantitative estimate of drug-likeness (QED) is 0.345. The van der Waals surface area contributed by atoms with Gasteiger partial charge in [0.15, 0.2) is 0 Å². The first-order valence-corrected chi connectivity index (χ1v) is 13.0. The Bertz CT molecular complexity index is 1450. The highest BCUT2D eigenvalue weighted by Crippen LogP contribution is 2.41. The van der Waals surface area contributed by atoms with E-state index in [0.29, 0.717) is 22.1 Å². The number of hydrazine groups is 2. The lowest BCUT2D eigenvalue weighted by Gasteiger charge is -2.40. The summed E-state index contributed by atoms with van der Waals surface area (Å²) in [5.74, 6) is -0.291. The molecule has 0 saturated heterocycles. The molecule has 10 heteroatoms. The van der Waals surface area contributed by atoms with Crippen LogP contribution in [0.5, 0.6) is 0 Å². The molecule has 0 spiro atoms. The molecule has 4 N–H and O–H groups in total. The summed E-state index contributed by atoms with van der Waals surface area (Å²) in [6, 6.07) is 13.1. The van der Waals surface area contributed by atoms with Crippen LogP contribution in [0.2, 0.25) is 5.02 Å². The molecule has 0 radical (unpaired) electrons. The topological polar surface area (TPSA) is 88.0 Å². The van der Waals surface area contributed by atoms with E-state index in [1.165, 1.54) is 12.1 Å². The van der Waals surface area contributed by atoms with E-state index in [9.17, 15) is 9.65 Å². The van der Waals surface area contributed by atoms with E-state index in [2.05, 4.69) is 50.8 Å². The van der Waals surface area contributed by atoms with E-state index < -0.39 is 5.44 Å². The van der Waals surface area contributed by atoms with Gasteiger partial charge in [-0.15, -0.1) is 5.53 Å². The molecule has 1 aliphatic heterocycles. The SMILES string of the molecule is BC(Nc1cc(Cl)c2ncc(C#N)c(NC3(C)CCC3)c2c1)(C1=CN(C2CC2)NN1)c1ccc(F)cc1. The molecule has 6 rings (SSSR count). The molecule has 2 saturated carbocycles. The van der Waals surface area contributed by atoms with Gasteiger partial charge in [-0.05, 0) is 68.9 Å². The van der Waals surface area contributed by atoms with Crippen molar-refractivity contribution in [1.82, 2.24) is 21.0 Å². The molecule has 37 heavy (non-hydrogen) atoms. The fourth-order valence-corrected chi connectivity index (χ4v) is 5.45. The van der Waals surface area contributed by atoms with Crippen LogP contribution in [-0.2, 0) is 5.44 Å². The van der Waals surface area contributed by atoms with Crippen molar-refractivity contribution in [3.63, 3.8) is 0 Å². The molecule has 2 aliphatic carbocycles. The van der Waals surface area contributed by atoms with E-state index in [4.69, 9.17) is 11.6 Å². The number of rotatable bonds is 7. The van der Waals surface area contributed by atoms with Gasteiger partial charge in [-0.3, -0.25) is 9.99 Å². The maximum Gasteiger partial charge on any atom is 0.148 e. The summed E-state index contributed by atoms with van der Waals surface area (Å²) < 4.78 is 13.8. The normalized spacial score (nSPS) is 19.8. The summed E-state index contributed by atoms with van der Waals surface area (Å²) in [6.07, 6.45) is 9.17. The van der Waals surface area contributed by atoms with E-state index in [1.54, 1.807) is 18.3 Å². The predicted octanol–water partition coefficient (Wildman–Crippen LogP) is 4.48. The van der Waals surface area contributed by atoms with Gasteiger partial charge in [-0.2, -0.15) is 5.26 Å². The molecule has 1 atom stereocenters. The summed E-state index contributed by atoms with van der Waals surface area (Å²) in [4.78, 5) is 4.50. The minimum atomic E-state index is -0.741. The molecule has 2 heterocycles. The largest absolute Gasteiger partial charge is 0.378 e. The van der Waals surface area contributed by atoms with Gasteiger partial charge in [0.25, 0.3) is 0 Å². The third kappa shape index (κ3) is 4.34. The Hall–Kier alpha value is -3.48. The number of pyridine rings is 1. The zero-order valence-electron chi connectivity index (χ0n) is 20.8. The number of benzene rings is 2. The second-order valence-electron chi connectivity index (χ2n) is 10.7. The first-order valence-electron chi connectivity index (χ1n) is 12.7. The lowest BCUT2D eigenvalue weighted by atomic mass is 9.69. The minimum absolute atomic E-state index is 0.0606. The third-order valence-electron chi connectivity index (χ3n) is 7.81. The maximum atomic E-state index is 13.8. The second-order valence-corrected chi connectivity index (χ2v) is 11.1. The first kappa shape index (κ1) is 23.9. The summed E-state index contributed by atoms with van der Waals surface area (Å²) in [5.41, 5.74) is 10.2. The van der Waals surface area contributed by atoms with Gasteiger partial charge < -0.3 is 16.1 Å². The lowest BCUT2D eigenvalue weighted by Crippen LogP contribution is -2.45. The molecule has 3 aliphatic rings. The molecule has 7 nitrogen and oxygen atoms in total.